The molecule has 0 bridgehead atoms. The summed E-state index contributed by atoms with van der Waals surface area (Å²) in [4.78, 5) is 2.15. The number of rotatable bonds is 2. The highest BCUT2D eigenvalue weighted by molar-refractivity contribution is 4.81. The van der Waals surface area contributed by atoms with Gasteiger partial charge in [-0.3, -0.25) is 0 Å². The van der Waals surface area contributed by atoms with Crippen LogP contribution in [0.5, 0.6) is 0 Å². The predicted octanol–water partition coefficient (Wildman–Crippen LogP) is 0.335. The molecule has 0 N–H and O–H groups in total. The third kappa shape index (κ3) is 1.46. The smallest absolute Gasteiger partial charge is 0.0965 e. The van der Waals surface area contributed by atoms with Crippen molar-refractivity contribution in [1.82, 2.24) is 4.90 Å². The molecule has 1 aliphatic rings. The van der Waals surface area contributed by atoms with E-state index in [9.17, 15) is 0 Å². The summed E-state index contributed by atoms with van der Waals surface area (Å²) in [6, 6.07) is 0. The molecule has 0 aromatic carbocycles. The number of ether oxygens (including phenoxy) is 1. The predicted molar refractivity (Wildman–Crippen MR) is 32.9 cm³/mol. The van der Waals surface area contributed by atoms with E-state index in [1.165, 1.54) is 0 Å². The van der Waals surface area contributed by atoms with Gasteiger partial charge in [-0.2, -0.15) is 0 Å². The molecule has 0 aromatic heterocycles. The van der Waals surface area contributed by atoms with Gasteiger partial charge in [0.15, 0.2) is 0 Å². The van der Waals surface area contributed by atoms with Crippen LogP contribution in [0.2, 0.25) is 0 Å². The van der Waals surface area contributed by atoms with Gasteiger partial charge in [-0.15, -0.1) is 0 Å². The first-order chi connectivity index (χ1) is 3.70. The normalized spacial score (nSPS) is 36.0. The fourth-order valence-electron chi connectivity index (χ4n) is 0.782. The molecule has 0 spiro atoms. The van der Waals surface area contributed by atoms with Crippen molar-refractivity contribution in [1.29, 1.82) is 0 Å². The molecule has 2 atom stereocenters. The van der Waals surface area contributed by atoms with Crippen LogP contribution in [0.3, 0.4) is 0 Å². The summed E-state index contributed by atoms with van der Waals surface area (Å²) in [5, 5.41) is 0. The molecule has 0 saturated carbocycles. The number of nitrogens with zero attached hydrogens (tertiary/aromatic N) is 1. The van der Waals surface area contributed by atoms with Crippen molar-refractivity contribution >= 4 is 0 Å². The largest absolute Gasteiger partial charge is 0.368 e. The quantitative estimate of drug-likeness (QED) is 0.482. The van der Waals surface area contributed by atoms with Gasteiger partial charge in [0.2, 0.25) is 0 Å². The summed E-state index contributed by atoms with van der Waals surface area (Å²) in [6.07, 6.45) is 1.03. The van der Waals surface area contributed by atoms with Gasteiger partial charge in [-0.1, -0.05) is 0 Å². The second kappa shape index (κ2) is 2.03. The maximum Gasteiger partial charge on any atom is 0.0965 e. The van der Waals surface area contributed by atoms with Gasteiger partial charge in [0.25, 0.3) is 0 Å². The van der Waals surface area contributed by atoms with Crippen LogP contribution in [0, 0.1) is 0 Å². The van der Waals surface area contributed by atoms with Crippen molar-refractivity contribution in [2.75, 3.05) is 20.6 Å². The van der Waals surface area contributed by atoms with E-state index in [1.807, 2.05) is 0 Å². The molecular formula is C6H13NO. The molecule has 0 amide bonds. The fourth-order valence-corrected chi connectivity index (χ4v) is 0.782. The molecule has 1 fully saturated rings. The molecular weight excluding hydrogens is 102 g/mol. The highest BCUT2D eigenvalue weighted by atomic mass is 16.6. The molecule has 1 aliphatic heterocycles. The van der Waals surface area contributed by atoms with E-state index in [2.05, 4.69) is 25.9 Å². The Morgan fingerprint density at radius 1 is 1.50 bits per heavy atom. The summed E-state index contributed by atoms with van der Waals surface area (Å²) in [7, 11) is 4.13. The minimum atomic E-state index is 0.511. The second-order valence-electron chi connectivity index (χ2n) is 2.64. The zero-order valence-corrected chi connectivity index (χ0v) is 5.72. The van der Waals surface area contributed by atoms with Gasteiger partial charge in [0.05, 0.1) is 12.2 Å². The number of hydrogen-bond donors (Lipinski definition) is 0. The van der Waals surface area contributed by atoms with E-state index < -0.39 is 0 Å². The lowest BCUT2D eigenvalue weighted by Crippen LogP contribution is -2.18. The van der Waals surface area contributed by atoms with Crippen molar-refractivity contribution < 1.29 is 4.74 Å². The first-order valence-corrected chi connectivity index (χ1v) is 3.00. The Balaban J connectivity index is 2.05. The SMILES string of the molecule is CC1OC1CN(C)C. The Morgan fingerprint density at radius 2 is 2.00 bits per heavy atom. The minimum Gasteiger partial charge on any atom is -0.368 e. The molecule has 2 nitrogen and oxygen atoms in total. The highest BCUT2D eigenvalue weighted by Gasteiger charge is 2.33. The first kappa shape index (κ1) is 6.05. The number of epoxide rings is 1. The second-order valence-corrected chi connectivity index (χ2v) is 2.64. The Bertz CT molecular complexity index is 82.6. The van der Waals surface area contributed by atoms with Crippen molar-refractivity contribution in [3.05, 3.63) is 0 Å². The average Bonchev–Trinajstić information content (AvgIpc) is 2.17. The lowest BCUT2D eigenvalue weighted by Gasteiger charge is -2.04. The molecule has 1 heterocycles. The van der Waals surface area contributed by atoms with Crippen molar-refractivity contribution in [3.8, 4) is 0 Å². The van der Waals surface area contributed by atoms with Crippen LogP contribution in [0.1, 0.15) is 6.92 Å². The van der Waals surface area contributed by atoms with Crippen LogP contribution in [0.25, 0.3) is 0 Å². The fraction of sp³-hybridized carbons (Fsp3) is 1.00. The molecule has 2 heteroatoms. The maximum atomic E-state index is 5.19. The third-order valence-corrected chi connectivity index (χ3v) is 1.38. The van der Waals surface area contributed by atoms with Crippen LogP contribution in [0.4, 0.5) is 0 Å². The zero-order valence-electron chi connectivity index (χ0n) is 5.72. The van der Waals surface area contributed by atoms with Gasteiger partial charge < -0.3 is 9.64 Å². The minimum absolute atomic E-state index is 0.511. The lowest BCUT2D eigenvalue weighted by atomic mass is 10.3. The van der Waals surface area contributed by atoms with E-state index in [-0.39, 0.29) is 0 Å². The molecule has 2 unspecified atom stereocenters. The molecule has 1 rings (SSSR count). The van der Waals surface area contributed by atoms with E-state index >= 15 is 0 Å². The lowest BCUT2D eigenvalue weighted by molar-refractivity contribution is 0.316. The van der Waals surface area contributed by atoms with Crippen LogP contribution in [0.15, 0.2) is 0 Å². The summed E-state index contributed by atoms with van der Waals surface area (Å²) in [5.74, 6) is 0. The van der Waals surface area contributed by atoms with Gasteiger partial charge >= 0.3 is 0 Å². The number of likely N-dealkylation sites (N-methyl/N-ethyl adjacent to an activating group) is 1. The van der Waals surface area contributed by atoms with E-state index in [4.69, 9.17) is 4.74 Å². The van der Waals surface area contributed by atoms with Crippen LogP contribution in [-0.2, 0) is 4.74 Å². The molecule has 1 saturated heterocycles. The Hall–Kier alpha value is -0.0800. The number of hydrogen-bond acceptors (Lipinski definition) is 2. The zero-order chi connectivity index (χ0) is 6.15. The van der Waals surface area contributed by atoms with Gasteiger partial charge in [-0.25, -0.2) is 0 Å². The van der Waals surface area contributed by atoms with Crippen molar-refractivity contribution in [2.24, 2.45) is 0 Å². The van der Waals surface area contributed by atoms with Crippen LogP contribution < -0.4 is 0 Å². The Morgan fingerprint density at radius 3 is 2.12 bits per heavy atom. The third-order valence-electron chi connectivity index (χ3n) is 1.38. The van der Waals surface area contributed by atoms with Gasteiger partial charge in [0.1, 0.15) is 0 Å². The van der Waals surface area contributed by atoms with Crippen LogP contribution >= 0.6 is 0 Å². The average molecular weight is 115 g/mol. The molecule has 0 aliphatic carbocycles. The van der Waals surface area contributed by atoms with E-state index in [0.717, 1.165) is 6.54 Å². The summed E-state index contributed by atoms with van der Waals surface area (Å²) >= 11 is 0. The van der Waals surface area contributed by atoms with Crippen LogP contribution in [-0.4, -0.2) is 37.7 Å². The van der Waals surface area contributed by atoms with E-state index in [0.29, 0.717) is 12.2 Å². The van der Waals surface area contributed by atoms with Gasteiger partial charge in [0, 0.05) is 6.54 Å². The monoisotopic (exact) mass is 115 g/mol. The first-order valence-electron chi connectivity index (χ1n) is 3.00. The van der Waals surface area contributed by atoms with E-state index in [1.54, 1.807) is 0 Å². The molecule has 48 valence electrons. The maximum absolute atomic E-state index is 5.19. The van der Waals surface area contributed by atoms with Crippen molar-refractivity contribution in [3.63, 3.8) is 0 Å². The summed E-state index contributed by atoms with van der Waals surface area (Å²) < 4.78 is 5.19. The standard InChI is InChI=1S/C6H13NO/c1-5-6(8-5)4-7(2)3/h5-6H,4H2,1-3H3. The molecule has 8 heavy (non-hydrogen) atoms. The Labute approximate surface area is 50.4 Å². The summed E-state index contributed by atoms with van der Waals surface area (Å²) in [5.41, 5.74) is 0. The summed E-state index contributed by atoms with van der Waals surface area (Å²) in [6.45, 7) is 3.18. The topological polar surface area (TPSA) is 15.8 Å². The van der Waals surface area contributed by atoms with Crippen molar-refractivity contribution in [2.45, 2.75) is 19.1 Å². The molecule has 0 aromatic rings. The Kier molecular flexibility index (Phi) is 1.54. The highest BCUT2D eigenvalue weighted by Crippen LogP contribution is 2.20. The molecule has 0 radical (unpaired) electrons. The van der Waals surface area contributed by atoms with Gasteiger partial charge in [-0.05, 0) is 21.0 Å².